The average Bonchev–Trinajstić information content (AvgIpc) is 2.34. The van der Waals surface area contributed by atoms with Gasteiger partial charge in [0.1, 0.15) is 6.54 Å². The Morgan fingerprint density at radius 2 is 2.06 bits per heavy atom. The standard InChI is InChI=1S/C10H10N2O5/c13-5-6-1-2-7(11-4-9(14)15)3-8(6)10(16)12-17/h1-3,5,11,17H,4H2,(H,12,16)(H,14,15). The molecule has 1 aromatic carbocycles. The first-order chi connectivity index (χ1) is 8.08. The molecule has 0 saturated carbocycles. The molecule has 0 fully saturated rings. The molecule has 90 valence electrons. The largest absolute Gasteiger partial charge is 0.480 e. The zero-order valence-electron chi connectivity index (χ0n) is 8.64. The van der Waals surface area contributed by atoms with Crippen molar-refractivity contribution in [2.45, 2.75) is 0 Å². The third-order valence-corrected chi connectivity index (χ3v) is 1.97. The first-order valence-corrected chi connectivity index (χ1v) is 4.57. The van der Waals surface area contributed by atoms with E-state index in [-0.39, 0.29) is 17.7 Å². The Balaban J connectivity index is 3.00. The molecule has 1 rings (SSSR count). The number of aldehydes is 1. The average molecular weight is 238 g/mol. The van der Waals surface area contributed by atoms with Gasteiger partial charge in [-0.05, 0) is 18.2 Å². The van der Waals surface area contributed by atoms with Gasteiger partial charge < -0.3 is 10.4 Å². The van der Waals surface area contributed by atoms with Crippen LogP contribution in [0.5, 0.6) is 0 Å². The lowest BCUT2D eigenvalue weighted by molar-refractivity contribution is -0.134. The van der Waals surface area contributed by atoms with E-state index in [4.69, 9.17) is 10.3 Å². The predicted octanol–water partition coefficient (Wildman–Crippen LogP) is 0.115. The number of rotatable bonds is 5. The van der Waals surface area contributed by atoms with Crippen molar-refractivity contribution in [3.05, 3.63) is 29.3 Å². The number of hydrogen-bond donors (Lipinski definition) is 4. The minimum Gasteiger partial charge on any atom is -0.480 e. The van der Waals surface area contributed by atoms with Gasteiger partial charge in [0, 0.05) is 11.3 Å². The summed E-state index contributed by atoms with van der Waals surface area (Å²) < 4.78 is 0. The summed E-state index contributed by atoms with van der Waals surface area (Å²) in [7, 11) is 0. The summed E-state index contributed by atoms with van der Waals surface area (Å²) in [6.07, 6.45) is 0.464. The van der Waals surface area contributed by atoms with Gasteiger partial charge in [0.25, 0.3) is 5.91 Å². The number of nitrogens with one attached hydrogen (secondary N) is 2. The number of aliphatic carboxylic acids is 1. The number of hydroxylamine groups is 1. The highest BCUT2D eigenvalue weighted by molar-refractivity contribution is 6.01. The molecular weight excluding hydrogens is 228 g/mol. The van der Waals surface area contributed by atoms with Crippen molar-refractivity contribution in [2.75, 3.05) is 11.9 Å². The lowest BCUT2D eigenvalue weighted by Crippen LogP contribution is -2.21. The van der Waals surface area contributed by atoms with Crippen LogP contribution in [0.2, 0.25) is 0 Å². The number of carboxylic acids is 1. The molecule has 0 unspecified atom stereocenters. The van der Waals surface area contributed by atoms with Gasteiger partial charge in [-0.3, -0.25) is 19.6 Å². The molecule has 17 heavy (non-hydrogen) atoms. The van der Waals surface area contributed by atoms with Crippen LogP contribution in [-0.2, 0) is 4.79 Å². The summed E-state index contributed by atoms with van der Waals surface area (Å²) in [6.45, 7) is -0.319. The van der Waals surface area contributed by atoms with E-state index in [1.54, 1.807) is 0 Å². The van der Waals surface area contributed by atoms with E-state index in [2.05, 4.69) is 5.32 Å². The monoisotopic (exact) mass is 238 g/mol. The molecule has 7 heteroatoms. The quantitative estimate of drug-likeness (QED) is 0.329. The Bertz CT molecular complexity index is 458. The van der Waals surface area contributed by atoms with Crippen LogP contribution in [0.1, 0.15) is 20.7 Å². The normalized spacial score (nSPS) is 9.47. The number of carboxylic acid groups (broad SMARTS) is 1. The number of amides is 1. The van der Waals surface area contributed by atoms with Crippen LogP contribution in [0, 0.1) is 0 Å². The fourth-order valence-corrected chi connectivity index (χ4v) is 1.20. The van der Waals surface area contributed by atoms with E-state index in [1.165, 1.54) is 23.7 Å². The molecule has 0 heterocycles. The Morgan fingerprint density at radius 3 is 2.59 bits per heavy atom. The first kappa shape index (κ1) is 12.7. The highest BCUT2D eigenvalue weighted by Gasteiger charge is 2.11. The van der Waals surface area contributed by atoms with E-state index >= 15 is 0 Å². The van der Waals surface area contributed by atoms with Gasteiger partial charge in [-0.1, -0.05) is 0 Å². The fourth-order valence-electron chi connectivity index (χ4n) is 1.20. The molecule has 1 aromatic rings. The van der Waals surface area contributed by atoms with Gasteiger partial charge in [-0.2, -0.15) is 0 Å². The molecular formula is C10H10N2O5. The number of benzene rings is 1. The summed E-state index contributed by atoms with van der Waals surface area (Å²) in [5.74, 6) is -1.90. The zero-order chi connectivity index (χ0) is 12.8. The Hall–Kier alpha value is -2.41. The van der Waals surface area contributed by atoms with Crippen LogP contribution in [0.3, 0.4) is 0 Å². The molecule has 7 nitrogen and oxygen atoms in total. The van der Waals surface area contributed by atoms with Gasteiger partial charge in [0.05, 0.1) is 5.56 Å². The van der Waals surface area contributed by atoms with Crippen molar-refractivity contribution in [1.29, 1.82) is 0 Å². The smallest absolute Gasteiger partial charge is 0.322 e. The Morgan fingerprint density at radius 1 is 1.35 bits per heavy atom. The second kappa shape index (κ2) is 5.61. The summed E-state index contributed by atoms with van der Waals surface area (Å²) in [4.78, 5) is 32.2. The van der Waals surface area contributed by atoms with Crippen LogP contribution in [0.4, 0.5) is 5.69 Å². The minimum absolute atomic E-state index is 0.0436. The van der Waals surface area contributed by atoms with Crippen molar-refractivity contribution in [2.24, 2.45) is 0 Å². The van der Waals surface area contributed by atoms with E-state index in [0.717, 1.165) is 0 Å². The SMILES string of the molecule is O=Cc1ccc(NCC(=O)O)cc1C(=O)NO. The van der Waals surface area contributed by atoms with Crippen molar-refractivity contribution in [1.82, 2.24) is 5.48 Å². The van der Waals surface area contributed by atoms with Crippen LogP contribution < -0.4 is 10.8 Å². The highest BCUT2D eigenvalue weighted by atomic mass is 16.5. The maximum atomic E-state index is 11.2. The number of carbonyl (C=O) groups excluding carboxylic acids is 2. The van der Waals surface area contributed by atoms with Crippen LogP contribution >= 0.6 is 0 Å². The van der Waals surface area contributed by atoms with Gasteiger partial charge in [-0.25, -0.2) is 5.48 Å². The molecule has 0 aliphatic heterocycles. The van der Waals surface area contributed by atoms with Crippen molar-refractivity contribution < 1.29 is 24.7 Å². The molecule has 0 bridgehead atoms. The van der Waals surface area contributed by atoms with Gasteiger partial charge in [-0.15, -0.1) is 0 Å². The molecule has 0 saturated heterocycles. The van der Waals surface area contributed by atoms with Crippen molar-refractivity contribution >= 4 is 23.9 Å². The Labute approximate surface area is 96.0 Å². The molecule has 0 spiro atoms. The second-order valence-corrected chi connectivity index (χ2v) is 3.11. The second-order valence-electron chi connectivity index (χ2n) is 3.11. The molecule has 0 aliphatic carbocycles. The van der Waals surface area contributed by atoms with Gasteiger partial charge in [0.2, 0.25) is 0 Å². The molecule has 1 amide bonds. The van der Waals surface area contributed by atoms with Crippen molar-refractivity contribution in [3.8, 4) is 0 Å². The third-order valence-electron chi connectivity index (χ3n) is 1.97. The molecule has 0 aromatic heterocycles. The third kappa shape index (κ3) is 3.28. The van der Waals surface area contributed by atoms with Gasteiger partial charge in [0.15, 0.2) is 6.29 Å². The number of hydrogen-bond acceptors (Lipinski definition) is 5. The maximum Gasteiger partial charge on any atom is 0.322 e. The zero-order valence-corrected chi connectivity index (χ0v) is 8.64. The van der Waals surface area contributed by atoms with E-state index in [0.29, 0.717) is 12.0 Å². The van der Waals surface area contributed by atoms with Crippen LogP contribution in [-0.4, -0.2) is 35.0 Å². The molecule has 0 atom stereocenters. The number of anilines is 1. The highest BCUT2D eigenvalue weighted by Crippen LogP contribution is 2.14. The van der Waals surface area contributed by atoms with Crippen LogP contribution in [0.25, 0.3) is 0 Å². The summed E-state index contributed by atoms with van der Waals surface area (Å²) in [5, 5.41) is 19.5. The maximum absolute atomic E-state index is 11.2. The van der Waals surface area contributed by atoms with Crippen LogP contribution in [0.15, 0.2) is 18.2 Å². The Kier molecular flexibility index (Phi) is 4.18. The van der Waals surface area contributed by atoms with Crippen molar-refractivity contribution in [3.63, 3.8) is 0 Å². The lowest BCUT2D eigenvalue weighted by atomic mass is 10.1. The van der Waals surface area contributed by atoms with E-state index in [9.17, 15) is 14.4 Å². The molecule has 0 aliphatic rings. The van der Waals surface area contributed by atoms with E-state index < -0.39 is 11.9 Å². The topological polar surface area (TPSA) is 116 Å². The molecule has 4 N–H and O–H groups in total. The summed E-state index contributed by atoms with van der Waals surface area (Å²) in [5.41, 5.74) is 1.82. The van der Waals surface area contributed by atoms with E-state index in [1.807, 2.05) is 0 Å². The summed E-state index contributed by atoms with van der Waals surface area (Å²) >= 11 is 0. The minimum atomic E-state index is -1.06. The lowest BCUT2D eigenvalue weighted by Gasteiger charge is -2.07. The summed E-state index contributed by atoms with van der Waals surface area (Å²) in [6, 6.07) is 4.08. The number of carbonyl (C=O) groups is 3. The fraction of sp³-hybridized carbons (Fsp3) is 0.100. The first-order valence-electron chi connectivity index (χ1n) is 4.57. The molecule has 0 radical (unpaired) electrons. The predicted molar refractivity (Wildman–Crippen MR) is 57.2 cm³/mol. The van der Waals surface area contributed by atoms with Gasteiger partial charge >= 0.3 is 5.97 Å².